The highest BCUT2D eigenvalue weighted by atomic mass is 16.5. The zero-order chi connectivity index (χ0) is 70.9. The first kappa shape index (κ1) is 53.9. The Morgan fingerprint density at radius 3 is 1.39 bits per heavy atom. The number of rotatable bonds is 39. The van der Waals surface area contributed by atoms with E-state index in [4.69, 9.17) is 62.1 Å². The van der Waals surface area contributed by atoms with Gasteiger partial charge in [-0.05, 0) is 143 Å². The lowest BCUT2D eigenvalue weighted by molar-refractivity contribution is -0.131. The van der Waals surface area contributed by atoms with Gasteiger partial charge in [-0.1, -0.05) is 72.6 Å². The summed E-state index contributed by atoms with van der Waals surface area (Å²) in [6, 6.07) is 8.31. The first-order chi connectivity index (χ1) is 42.1. The van der Waals surface area contributed by atoms with Gasteiger partial charge >= 0.3 is 0 Å². The number of carbonyl (C=O) groups is 4. The fraction of sp³-hybridized carbons (Fsp3) is 0.733. The van der Waals surface area contributed by atoms with Gasteiger partial charge in [-0.15, -0.1) is 0 Å². The van der Waals surface area contributed by atoms with Crippen LogP contribution in [-0.2, 0) is 41.5 Å². The smallest absolute Gasteiger partial charge is 0.224 e. The lowest BCUT2D eigenvalue weighted by Crippen LogP contribution is -2.46. The molecular formula is C60H104N8O12. The van der Waals surface area contributed by atoms with E-state index in [9.17, 15) is 34.9 Å². The summed E-state index contributed by atoms with van der Waals surface area (Å²) in [5, 5.41) is 31.8. The summed E-state index contributed by atoms with van der Waals surface area (Å²) in [7, 11) is -10.5. The molecule has 2 aromatic carbocycles. The van der Waals surface area contributed by atoms with Crippen LogP contribution in [0.2, 0.25) is 0 Å². The van der Waals surface area contributed by atoms with E-state index in [0.717, 1.165) is 11.1 Å². The van der Waals surface area contributed by atoms with Gasteiger partial charge in [-0.25, -0.2) is 0 Å². The molecule has 0 aromatic heterocycles. The normalized spacial score (nSPS) is 17.7. The Kier molecular flexibility index (Phi) is 24.9. The number of benzene rings is 2. The van der Waals surface area contributed by atoms with Gasteiger partial charge in [0.05, 0.1) is 72.8 Å². The Morgan fingerprint density at radius 1 is 0.613 bits per heavy atom. The van der Waals surface area contributed by atoms with Crippen LogP contribution in [0.5, 0.6) is 23.0 Å². The second-order valence-corrected chi connectivity index (χ2v) is 23.4. The second kappa shape index (κ2) is 36.9. The van der Waals surface area contributed by atoms with E-state index < -0.39 is 86.9 Å². The Morgan fingerprint density at radius 2 is 1.02 bits per heavy atom. The van der Waals surface area contributed by atoms with E-state index in [2.05, 4.69) is 20.7 Å². The van der Waals surface area contributed by atoms with Crippen LogP contribution < -0.4 is 46.8 Å². The number of nitrogens with one attached hydrogen (secondary N) is 2. The van der Waals surface area contributed by atoms with E-state index in [1.807, 2.05) is 55.4 Å². The molecule has 80 heavy (non-hydrogen) atoms. The Bertz CT molecular complexity index is 2640. The van der Waals surface area contributed by atoms with Crippen LogP contribution in [0, 0.1) is 58.2 Å². The molecule has 0 spiro atoms. The average Bonchev–Trinajstić information content (AvgIpc) is 1.07. The number of nitrogens with zero attached hydrogens (tertiary/aromatic N) is 3. The largest absolute Gasteiger partial charge is 0.493 e. The summed E-state index contributed by atoms with van der Waals surface area (Å²) >= 11 is 0. The topological polar surface area (TPSA) is 315 Å². The van der Waals surface area contributed by atoms with Crippen molar-refractivity contribution in [2.45, 2.75) is 159 Å². The van der Waals surface area contributed by atoms with Gasteiger partial charge in [0, 0.05) is 76.0 Å². The van der Waals surface area contributed by atoms with Gasteiger partial charge in [0.2, 0.25) is 23.6 Å². The fourth-order valence-corrected chi connectivity index (χ4v) is 8.60. The summed E-state index contributed by atoms with van der Waals surface area (Å²) in [5.74, 6) is -2.57. The number of aliphatic hydroxyl groups is 2. The monoisotopic (exact) mass is 1140 g/mol. The summed E-state index contributed by atoms with van der Waals surface area (Å²) in [5.41, 5.74) is 26.4. The summed E-state index contributed by atoms with van der Waals surface area (Å²) in [6.45, 7) is 22.2. The van der Waals surface area contributed by atoms with Crippen LogP contribution in [0.3, 0.4) is 0 Å². The van der Waals surface area contributed by atoms with Gasteiger partial charge in [0.1, 0.15) is 0 Å². The molecule has 456 valence electrons. The minimum absolute atomic E-state index is 0.00816. The number of primary amides is 2. The summed E-state index contributed by atoms with van der Waals surface area (Å²) in [4.78, 5) is 52.3. The quantitative estimate of drug-likeness (QED) is 0.0145. The molecule has 0 bridgehead atoms. The molecule has 4 amide bonds. The average molecular weight is 1140 g/mol. The molecule has 0 aliphatic rings. The molecule has 0 heterocycles. The van der Waals surface area contributed by atoms with Crippen molar-refractivity contribution < 1.29 is 74.3 Å². The molecule has 8 atom stereocenters. The molecule has 0 saturated carbocycles. The highest BCUT2D eigenvalue weighted by molar-refractivity contribution is 5.83. The van der Waals surface area contributed by atoms with Crippen molar-refractivity contribution in [3.8, 4) is 23.0 Å². The molecule has 20 heteroatoms. The molecular weight excluding hydrogens is 1020 g/mol. The molecule has 0 saturated heterocycles. The lowest BCUT2D eigenvalue weighted by Gasteiger charge is -2.30. The minimum atomic E-state index is -2.73. The van der Waals surface area contributed by atoms with Crippen LogP contribution >= 0.6 is 0 Å². The maximum atomic E-state index is 13.1. The van der Waals surface area contributed by atoms with Crippen molar-refractivity contribution in [2.75, 3.05) is 67.7 Å². The van der Waals surface area contributed by atoms with Gasteiger partial charge in [0.25, 0.3) is 0 Å². The fourth-order valence-electron chi connectivity index (χ4n) is 8.60. The standard InChI is InChI=1S/C30H51N5O6.C30H53N3O6/c1-19(2)22(14-21-10-11-26(40-8)27(15-21)41-13-9-12-39-7)16-24(34-35-32)25(36)17-23(20(3)4)28(37)33-18-30(5,6)29(31)38;1-19(2)22(14-21-10-11-26(38-8)27(15-21)39-13-9-12-37-7)16-24(31)25(34)17-23(20(3)4)28(35)33-18-30(5,6)29(32)36/h10-11,15,19-20,22-25,36H,9,12-14,16-18H2,1-8H3,(H2,31,38)(H,33,37);10-11,15,19-20,22-25,34H,9,12-14,16-18,31H2,1-8H3,(H2,32,36)(H,33,35)/t2*22-,23-,24-,25-/m00/s1/i2*7D3,8D3. The third kappa shape index (κ3) is 26.0. The predicted molar refractivity (Wildman–Crippen MR) is 314 cm³/mol. The van der Waals surface area contributed by atoms with Crippen LogP contribution in [0.25, 0.3) is 10.4 Å². The first-order valence-corrected chi connectivity index (χ1v) is 27.6. The van der Waals surface area contributed by atoms with Crippen LogP contribution in [0.4, 0.5) is 0 Å². The van der Waals surface area contributed by atoms with Gasteiger partial charge in [-0.3, -0.25) is 19.2 Å². The molecule has 20 nitrogen and oxygen atoms in total. The van der Waals surface area contributed by atoms with Crippen molar-refractivity contribution in [1.82, 2.24) is 10.6 Å². The van der Waals surface area contributed by atoms with Crippen molar-refractivity contribution in [3.05, 3.63) is 58.0 Å². The van der Waals surface area contributed by atoms with Crippen LogP contribution in [0.15, 0.2) is 41.5 Å². The van der Waals surface area contributed by atoms with Crippen molar-refractivity contribution >= 4 is 23.6 Å². The van der Waals surface area contributed by atoms with Crippen molar-refractivity contribution in [3.63, 3.8) is 0 Å². The van der Waals surface area contributed by atoms with E-state index in [1.54, 1.807) is 52.0 Å². The molecule has 0 aliphatic carbocycles. The van der Waals surface area contributed by atoms with E-state index in [1.165, 1.54) is 12.1 Å². The Balaban J connectivity index is 0.000000921. The summed E-state index contributed by atoms with van der Waals surface area (Å²) < 4.78 is 119. The van der Waals surface area contributed by atoms with Crippen LogP contribution in [-0.4, -0.2) is 126 Å². The molecule has 2 aromatic rings. The lowest BCUT2D eigenvalue weighted by atomic mass is 9.80. The molecule has 0 fully saturated rings. The summed E-state index contributed by atoms with van der Waals surface area (Å²) in [6.07, 6.45) is 0.308. The molecule has 0 radical (unpaired) electrons. The van der Waals surface area contributed by atoms with Gasteiger partial charge in [0.15, 0.2) is 23.0 Å². The molecule has 10 N–H and O–H groups in total. The number of ether oxygens (including phenoxy) is 6. The van der Waals surface area contributed by atoms with E-state index >= 15 is 0 Å². The third-order valence-corrected chi connectivity index (χ3v) is 14.7. The molecule has 0 unspecified atom stereocenters. The number of hydrogen-bond acceptors (Lipinski definition) is 14. The highest BCUT2D eigenvalue weighted by Crippen LogP contribution is 2.34. The van der Waals surface area contributed by atoms with E-state index in [0.29, 0.717) is 25.7 Å². The molecule has 2 rings (SSSR count). The second-order valence-electron chi connectivity index (χ2n) is 23.4. The number of carbonyl (C=O) groups excluding carboxylic acids is 4. The zero-order valence-corrected chi connectivity index (χ0v) is 49.3. The molecule has 0 aliphatic heterocycles. The number of azide groups is 1. The Labute approximate surface area is 495 Å². The number of methoxy groups -OCH3 is 4. The van der Waals surface area contributed by atoms with E-state index in [-0.39, 0.29) is 136 Å². The number of hydrogen-bond donors (Lipinski definition) is 7. The van der Waals surface area contributed by atoms with Crippen LogP contribution in [0.1, 0.15) is 149 Å². The zero-order valence-electron chi connectivity index (χ0n) is 61.3. The predicted octanol–water partition coefficient (Wildman–Crippen LogP) is 7.94. The minimum Gasteiger partial charge on any atom is -0.493 e. The first-order valence-electron chi connectivity index (χ1n) is 33.6. The maximum absolute atomic E-state index is 13.1. The number of aliphatic hydroxyl groups excluding tert-OH is 2. The SMILES string of the molecule is [2H]C([2H])([2H])OCCCOc1cc(C[C@@H](C[C@H](N)[C@@H](O)C[C@H](C(=O)NCC(C)(C)C(N)=O)C(C)C)C(C)C)ccc1OC([2H])([2H])[2H].[2H]C([2H])([2H])OCCCOc1cc(C[C@@H](C[C@H](N=[N+]=[N-])[C@@H](O)C[C@H](C(=O)NCC(C)(C)C(N)=O)C(C)C)C(C)C)ccc1OC([2H])([2H])[2H]. The van der Waals surface area contributed by atoms with Gasteiger partial charge in [-0.2, -0.15) is 0 Å². The van der Waals surface area contributed by atoms with Gasteiger partial charge < -0.3 is 66.5 Å². The third-order valence-electron chi connectivity index (χ3n) is 14.7. The van der Waals surface area contributed by atoms with Crippen molar-refractivity contribution in [2.24, 2.45) is 80.5 Å². The number of amides is 4. The highest BCUT2D eigenvalue weighted by Gasteiger charge is 2.35. The maximum Gasteiger partial charge on any atom is 0.224 e. The number of nitrogens with two attached hydrogens (primary N) is 3. The van der Waals surface area contributed by atoms with Crippen molar-refractivity contribution in [1.29, 1.82) is 0 Å². The Hall–Kier alpha value is -5.37.